The summed E-state index contributed by atoms with van der Waals surface area (Å²) in [6, 6.07) is 7.64. The summed E-state index contributed by atoms with van der Waals surface area (Å²) in [5.74, 6) is -2.28. The molecule has 0 N–H and O–H groups in total. The van der Waals surface area contributed by atoms with E-state index in [1.807, 2.05) is 0 Å². The number of carbonyl (C=O) groups is 1. The fraction of sp³-hybridized carbons (Fsp3) is 0.0714. The molecule has 23 heavy (non-hydrogen) atoms. The van der Waals surface area contributed by atoms with Gasteiger partial charge in [-0.05, 0) is 36.4 Å². The van der Waals surface area contributed by atoms with Crippen molar-refractivity contribution < 1.29 is 26.8 Å². The minimum atomic E-state index is -4.93. The van der Waals surface area contributed by atoms with Gasteiger partial charge < -0.3 is 4.42 Å². The molecule has 3 rings (SSSR count). The first-order valence-electron chi connectivity index (χ1n) is 6.16. The third kappa shape index (κ3) is 3.14. The van der Waals surface area contributed by atoms with Crippen LogP contribution in [0.15, 0.2) is 40.8 Å². The number of rotatable bonds is 3. The maximum atomic E-state index is 12.9. The lowest BCUT2D eigenvalue weighted by atomic mass is 10.2. The smallest absolute Gasteiger partial charge is 0.415 e. The summed E-state index contributed by atoms with van der Waals surface area (Å²) in [5, 5.41) is 7.48. The molecule has 0 unspecified atom stereocenters. The summed E-state index contributed by atoms with van der Waals surface area (Å²) in [7, 11) is 0. The first-order valence-corrected chi connectivity index (χ1v) is 6.97. The normalized spacial score (nSPS) is 11.7. The fourth-order valence-corrected chi connectivity index (χ4v) is 2.63. The van der Waals surface area contributed by atoms with Crippen LogP contribution in [-0.4, -0.2) is 22.2 Å². The molecule has 0 atom stereocenters. The zero-order chi connectivity index (χ0) is 16.6. The zero-order valence-corrected chi connectivity index (χ0v) is 11.9. The number of benzene rings is 1. The zero-order valence-electron chi connectivity index (χ0n) is 11.1. The molecule has 0 saturated heterocycles. The second kappa shape index (κ2) is 5.58. The summed E-state index contributed by atoms with van der Waals surface area (Å²) < 4.78 is 55.3. The van der Waals surface area contributed by atoms with Gasteiger partial charge in [0.1, 0.15) is 5.82 Å². The molecule has 0 aliphatic heterocycles. The standard InChI is InChI=1S/C14H6F4N2O2S/c15-8-3-1-7(2-4-8)12-19-20-13(22-12)10-6-5-9(23-10)11(21)14(16,17)18/h1-6H. The molecular formula is C14H6F4N2O2S. The Morgan fingerprint density at radius 1 is 1.00 bits per heavy atom. The van der Waals surface area contributed by atoms with Gasteiger partial charge in [-0.3, -0.25) is 4.79 Å². The Hall–Kier alpha value is -2.55. The highest BCUT2D eigenvalue weighted by atomic mass is 32.1. The Morgan fingerprint density at radius 2 is 1.65 bits per heavy atom. The van der Waals surface area contributed by atoms with Gasteiger partial charge in [0, 0.05) is 5.56 Å². The molecule has 0 radical (unpaired) electrons. The molecule has 0 aliphatic carbocycles. The number of alkyl halides is 3. The summed E-state index contributed by atoms with van der Waals surface area (Å²) in [6.07, 6.45) is -4.93. The van der Waals surface area contributed by atoms with Gasteiger partial charge in [-0.25, -0.2) is 4.39 Å². The monoisotopic (exact) mass is 342 g/mol. The minimum absolute atomic E-state index is 0.0180. The number of hydrogen-bond donors (Lipinski definition) is 0. The third-order valence-corrected chi connectivity index (χ3v) is 3.89. The van der Waals surface area contributed by atoms with Crippen LogP contribution in [0.5, 0.6) is 0 Å². The molecule has 0 saturated carbocycles. The summed E-state index contributed by atoms with van der Waals surface area (Å²) in [5.41, 5.74) is 0.466. The molecule has 118 valence electrons. The van der Waals surface area contributed by atoms with Crippen molar-refractivity contribution in [3.8, 4) is 22.2 Å². The quantitative estimate of drug-likeness (QED) is 0.524. The van der Waals surface area contributed by atoms with E-state index in [2.05, 4.69) is 10.2 Å². The molecule has 0 spiro atoms. The van der Waals surface area contributed by atoms with E-state index >= 15 is 0 Å². The SMILES string of the molecule is O=C(c1ccc(-c2nnc(-c3ccc(F)cc3)o2)s1)C(F)(F)F. The van der Waals surface area contributed by atoms with Crippen molar-refractivity contribution in [3.05, 3.63) is 47.1 Å². The molecule has 2 heterocycles. The average molecular weight is 342 g/mol. The van der Waals surface area contributed by atoms with Gasteiger partial charge in [0.15, 0.2) is 0 Å². The van der Waals surface area contributed by atoms with Crippen LogP contribution in [0.4, 0.5) is 17.6 Å². The van der Waals surface area contributed by atoms with Crippen LogP contribution >= 0.6 is 11.3 Å². The van der Waals surface area contributed by atoms with Gasteiger partial charge in [0.05, 0.1) is 9.75 Å². The van der Waals surface area contributed by atoms with Crippen LogP contribution in [0.1, 0.15) is 9.67 Å². The lowest BCUT2D eigenvalue weighted by Crippen LogP contribution is -2.21. The van der Waals surface area contributed by atoms with Crippen molar-refractivity contribution in [2.45, 2.75) is 6.18 Å². The highest BCUT2D eigenvalue weighted by Crippen LogP contribution is 2.32. The van der Waals surface area contributed by atoms with Crippen LogP contribution in [-0.2, 0) is 0 Å². The summed E-state index contributed by atoms with van der Waals surface area (Å²) in [4.78, 5) is 10.9. The molecule has 0 aliphatic rings. The number of carbonyl (C=O) groups excluding carboxylic acids is 1. The van der Waals surface area contributed by atoms with E-state index in [-0.39, 0.29) is 16.7 Å². The predicted molar refractivity (Wildman–Crippen MR) is 73.4 cm³/mol. The van der Waals surface area contributed by atoms with E-state index in [0.29, 0.717) is 16.9 Å². The number of Topliss-reactive ketones (excluding diaryl/α,β-unsaturated/α-hetero) is 1. The van der Waals surface area contributed by atoms with Crippen molar-refractivity contribution in [1.82, 2.24) is 10.2 Å². The topological polar surface area (TPSA) is 56.0 Å². The Kier molecular flexibility index (Phi) is 3.72. The second-order valence-corrected chi connectivity index (χ2v) is 5.49. The van der Waals surface area contributed by atoms with Gasteiger partial charge in [-0.1, -0.05) is 0 Å². The number of thiophene rings is 1. The van der Waals surface area contributed by atoms with Crippen molar-refractivity contribution in [3.63, 3.8) is 0 Å². The maximum Gasteiger partial charge on any atom is 0.455 e. The van der Waals surface area contributed by atoms with Gasteiger partial charge in [0.2, 0.25) is 5.89 Å². The Balaban J connectivity index is 1.88. The van der Waals surface area contributed by atoms with E-state index in [0.717, 1.165) is 6.07 Å². The molecule has 0 bridgehead atoms. The van der Waals surface area contributed by atoms with Gasteiger partial charge >= 0.3 is 6.18 Å². The molecular weight excluding hydrogens is 336 g/mol. The van der Waals surface area contributed by atoms with E-state index in [9.17, 15) is 22.4 Å². The van der Waals surface area contributed by atoms with Crippen molar-refractivity contribution in [2.75, 3.05) is 0 Å². The van der Waals surface area contributed by atoms with E-state index in [1.165, 1.54) is 30.3 Å². The van der Waals surface area contributed by atoms with Crippen LogP contribution < -0.4 is 0 Å². The van der Waals surface area contributed by atoms with Crippen LogP contribution in [0.25, 0.3) is 22.2 Å². The number of aromatic nitrogens is 2. The Bertz CT molecular complexity index is 852. The highest BCUT2D eigenvalue weighted by molar-refractivity contribution is 7.17. The van der Waals surface area contributed by atoms with Gasteiger partial charge in [-0.2, -0.15) is 13.2 Å². The number of hydrogen-bond acceptors (Lipinski definition) is 5. The Morgan fingerprint density at radius 3 is 2.30 bits per heavy atom. The number of nitrogens with zero attached hydrogens (tertiary/aromatic N) is 2. The van der Waals surface area contributed by atoms with Gasteiger partial charge in [-0.15, -0.1) is 21.5 Å². The largest absolute Gasteiger partial charge is 0.455 e. The first kappa shape index (κ1) is 15.3. The molecule has 0 amide bonds. The summed E-state index contributed by atoms with van der Waals surface area (Å²) in [6.45, 7) is 0. The minimum Gasteiger partial charge on any atom is -0.415 e. The van der Waals surface area contributed by atoms with Crippen LogP contribution in [0, 0.1) is 5.82 Å². The first-order chi connectivity index (χ1) is 10.8. The van der Waals surface area contributed by atoms with E-state index in [4.69, 9.17) is 4.42 Å². The van der Waals surface area contributed by atoms with Crippen molar-refractivity contribution in [2.24, 2.45) is 0 Å². The molecule has 9 heteroatoms. The van der Waals surface area contributed by atoms with Crippen LogP contribution in [0.3, 0.4) is 0 Å². The third-order valence-electron chi connectivity index (χ3n) is 2.81. The van der Waals surface area contributed by atoms with E-state index in [1.54, 1.807) is 0 Å². The number of ketones is 1. The van der Waals surface area contributed by atoms with Crippen molar-refractivity contribution in [1.29, 1.82) is 0 Å². The fourth-order valence-electron chi connectivity index (χ4n) is 1.75. The summed E-state index contributed by atoms with van der Waals surface area (Å²) >= 11 is 0.606. The Labute approximate surface area is 130 Å². The van der Waals surface area contributed by atoms with Gasteiger partial charge in [0.25, 0.3) is 11.7 Å². The second-order valence-electron chi connectivity index (χ2n) is 4.41. The maximum absolute atomic E-state index is 12.9. The highest BCUT2D eigenvalue weighted by Gasteiger charge is 2.40. The lowest BCUT2D eigenvalue weighted by molar-refractivity contribution is -0.0882. The van der Waals surface area contributed by atoms with Crippen LogP contribution in [0.2, 0.25) is 0 Å². The molecule has 1 aromatic carbocycles. The van der Waals surface area contributed by atoms with E-state index < -0.39 is 22.7 Å². The molecule has 4 nitrogen and oxygen atoms in total. The average Bonchev–Trinajstić information content (AvgIpc) is 3.15. The molecule has 3 aromatic rings. The molecule has 2 aromatic heterocycles. The predicted octanol–water partition coefficient (Wildman–Crippen LogP) is 4.35. The molecule has 0 fully saturated rings. The van der Waals surface area contributed by atoms with Crippen molar-refractivity contribution >= 4 is 17.1 Å². The lowest BCUT2D eigenvalue weighted by Gasteiger charge is -2.00. The number of halogens is 4.